The number of nitrogens with two attached hydrogens (primary N) is 1. The average molecular weight is 214 g/mol. The largest absolute Gasteiger partial charge is 0.381 e. The molecule has 0 radical (unpaired) electrons. The minimum Gasteiger partial charge on any atom is -0.381 e. The quantitative estimate of drug-likeness (QED) is 0.702. The Hall–Kier alpha value is -0.120. The highest BCUT2D eigenvalue weighted by Gasteiger charge is 2.22. The first-order chi connectivity index (χ1) is 7.09. The topological polar surface area (TPSA) is 47.3 Å². The maximum absolute atomic E-state index is 6.03. The first kappa shape index (κ1) is 12.9. The molecule has 1 rings (SSSR count). The Morgan fingerprint density at radius 3 is 2.67 bits per heavy atom. The van der Waals surface area contributed by atoms with Crippen molar-refractivity contribution in [2.75, 3.05) is 19.8 Å². The monoisotopic (exact) mass is 214 g/mol. The standard InChI is InChI=1S/C12H26N2O/c1-9(2)6-12(13)7-14-10(3)11-4-5-15-8-11/h9-12,14H,4-8,13H2,1-3H3. The van der Waals surface area contributed by atoms with Gasteiger partial charge < -0.3 is 15.8 Å². The smallest absolute Gasteiger partial charge is 0.0509 e. The first-order valence-electron chi connectivity index (χ1n) is 6.16. The highest BCUT2D eigenvalue weighted by molar-refractivity contribution is 4.77. The number of ether oxygens (including phenoxy) is 1. The van der Waals surface area contributed by atoms with Gasteiger partial charge >= 0.3 is 0 Å². The van der Waals surface area contributed by atoms with E-state index in [1.54, 1.807) is 0 Å². The summed E-state index contributed by atoms with van der Waals surface area (Å²) in [7, 11) is 0. The number of nitrogens with one attached hydrogen (secondary N) is 1. The third kappa shape index (κ3) is 4.96. The van der Waals surface area contributed by atoms with Crippen molar-refractivity contribution in [1.82, 2.24) is 5.32 Å². The van der Waals surface area contributed by atoms with Crippen molar-refractivity contribution in [1.29, 1.82) is 0 Å². The van der Waals surface area contributed by atoms with E-state index in [1.165, 1.54) is 6.42 Å². The fraction of sp³-hybridized carbons (Fsp3) is 1.00. The molecule has 1 aliphatic heterocycles. The third-order valence-electron chi connectivity index (χ3n) is 3.15. The average Bonchev–Trinajstić information content (AvgIpc) is 2.65. The summed E-state index contributed by atoms with van der Waals surface area (Å²) in [5.41, 5.74) is 6.03. The molecule has 3 unspecified atom stereocenters. The molecule has 0 aromatic heterocycles. The Balaban J connectivity index is 2.12. The minimum atomic E-state index is 0.287. The van der Waals surface area contributed by atoms with E-state index in [2.05, 4.69) is 26.1 Å². The Labute approximate surface area is 93.8 Å². The van der Waals surface area contributed by atoms with Crippen LogP contribution in [0.25, 0.3) is 0 Å². The van der Waals surface area contributed by atoms with Crippen molar-refractivity contribution < 1.29 is 4.74 Å². The lowest BCUT2D eigenvalue weighted by Gasteiger charge is -2.22. The van der Waals surface area contributed by atoms with Crippen LogP contribution in [0.2, 0.25) is 0 Å². The zero-order valence-electron chi connectivity index (χ0n) is 10.3. The molecule has 0 bridgehead atoms. The highest BCUT2D eigenvalue weighted by Crippen LogP contribution is 2.16. The normalized spacial score (nSPS) is 25.8. The molecule has 15 heavy (non-hydrogen) atoms. The number of rotatable bonds is 6. The summed E-state index contributed by atoms with van der Waals surface area (Å²) in [4.78, 5) is 0. The molecule has 1 saturated heterocycles. The lowest BCUT2D eigenvalue weighted by Crippen LogP contribution is -2.42. The lowest BCUT2D eigenvalue weighted by atomic mass is 9.99. The summed E-state index contributed by atoms with van der Waals surface area (Å²) in [5.74, 6) is 1.36. The number of hydrogen-bond acceptors (Lipinski definition) is 3. The van der Waals surface area contributed by atoms with Crippen LogP contribution in [-0.4, -0.2) is 31.8 Å². The van der Waals surface area contributed by atoms with Gasteiger partial charge in [0, 0.05) is 25.2 Å². The highest BCUT2D eigenvalue weighted by atomic mass is 16.5. The van der Waals surface area contributed by atoms with Gasteiger partial charge in [0.2, 0.25) is 0 Å². The summed E-state index contributed by atoms with van der Waals surface area (Å²) < 4.78 is 5.38. The van der Waals surface area contributed by atoms with Gasteiger partial charge in [-0.3, -0.25) is 0 Å². The molecular weight excluding hydrogens is 188 g/mol. The van der Waals surface area contributed by atoms with Crippen LogP contribution in [-0.2, 0) is 4.74 Å². The predicted molar refractivity (Wildman–Crippen MR) is 63.8 cm³/mol. The van der Waals surface area contributed by atoms with Crippen molar-refractivity contribution in [3.8, 4) is 0 Å². The summed E-state index contributed by atoms with van der Waals surface area (Å²) >= 11 is 0. The van der Waals surface area contributed by atoms with E-state index in [1.807, 2.05) is 0 Å². The van der Waals surface area contributed by atoms with E-state index in [9.17, 15) is 0 Å². The van der Waals surface area contributed by atoms with E-state index >= 15 is 0 Å². The van der Waals surface area contributed by atoms with Gasteiger partial charge in [0.1, 0.15) is 0 Å². The van der Waals surface area contributed by atoms with Crippen molar-refractivity contribution in [2.45, 2.75) is 45.7 Å². The second kappa shape index (κ2) is 6.46. The Morgan fingerprint density at radius 1 is 1.40 bits per heavy atom. The van der Waals surface area contributed by atoms with Crippen molar-refractivity contribution in [2.24, 2.45) is 17.6 Å². The molecule has 1 heterocycles. The van der Waals surface area contributed by atoms with Crippen LogP contribution in [0.1, 0.15) is 33.6 Å². The zero-order valence-corrected chi connectivity index (χ0v) is 10.3. The fourth-order valence-corrected chi connectivity index (χ4v) is 2.14. The van der Waals surface area contributed by atoms with Crippen LogP contribution >= 0.6 is 0 Å². The van der Waals surface area contributed by atoms with Crippen LogP contribution in [0, 0.1) is 11.8 Å². The van der Waals surface area contributed by atoms with Gasteiger partial charge in [0.05, 0.1) is 6.61 Å². The van der Waals surface area contributed by atoms with E-state index in [4.69, 9.17) is 10.5 Å². The zero-order chi connectivity index (χ0) is 11.3. The predicted octanol–water partition coefficient (Wildman–Crippen LogP) is 1.37. The molecule has 0 aliphatic carbocycles. The van der Waals surface area contributed by atoms with Crippen LogP contribution in [0.15, 0.2) is 0 Å². The molecule has 1 aliphatic rings. The molecule has 0 saturated carbocycles. The lowest BCUT2D eigenvalue weighted by molar-refractivity contribution is 0.178. The molecule has 0 aromatic carbocycles. The van der Waals surface area contributed by atoms with Crippen molar-refractivity contribution in [3.05, 3.63) is 0 Å². The summed E-state index contributed by atoms with van der Waals surface area (Å²) in [6.45, 7) is 9.43. The van der Waals surface area contributed by atoms with Crippen molar-refractivity contribution in [3.63, 3.8) is 0 Å². The summed E-state index contributed by atoms with van der Waals surface area (Å²) in [5, 5.41) is 3.52. The second-order valence-electron chi connectivity index (χ2n) is 5.21. The summed E-state index contributed by atoms with van der Waals surface area (Å²) in [6, 6.07) is 0.820. The molecule has 1 fully saturated rings. The van der Waals surface area contributed by atoms with E-state index < -0.39 is 0 Å². The van der Waals surface area contributed by atoms with Crippen LogP contribution in [0.3, 0.4) is 0 Å². The molecule has 3 nitrogen and oxygen atoms in total. The molecule has 0 amide bonds. The van der Waals surface area contributed by atoms with Gasteiger partial charge in [-0.15, -0.1) is 0 Å². The second-order valence-corrected chi connectivity index (χ2v) is 5.21. The molecule has 0 aromatic rings. The van der Waals surface area contributed by atoms with E-state index in [-0.39, 0.29) is 6.04 Å². The molecule has 0 spiro atoms. The molecular formula is C12H26N2O. The van der Waals surface area contributed by atoms with Gasteiger partial charge in [0.15, 0.2) is 0 Å². The van der Waals surface area contributed by atoms with Gasteiger partial charge in [-0.1, -0.05) is 13.8 Å². The molecule has 3 atom stereocenters. The number of hydrogen-bond donors (Lipinski definition) is 2. The van der Waals surface area contributed by atoms with Crippen LogP contribution < -0.4 is 11.1 Å². The summed E-state index contributed by atoms with van der Waals surface area (Å²) in [6.07, 6.45) is 2.29. The molecule has 3 N–H and O–H groups in total. The fourth-order valence-electron chi connectivity index (χ4n) is 2.14. The van der Waals surface area contributed by atoms with E-state index in [0.29, 0.717) is 17.9 Å². The van der Waals surface area contributed by atoms with Crippen LogP contribution in [0.4, 0.5) is 0 Å². The van der Waals surface area contributed by atoms with Crippen molar-refractivity contribution >= 4 is 0 Å². The minimum absolute atomic E-state index is 0.287. The molecule has 90 valence electrons. The van der Waals surface area contributed by atoms with Gasteiger partial charge in [-0.25, -0.2) is 0 Å². The maximum atomic E-state index is 6.03. The van der Waals surface area contributed by atoms with Crippen LogP contribution in [0.5, 0.6) is 0 Å². The SMILES string of the molecule is CC(C)CC(N)CNC(C)C1CCOC1. The molecule has 3 heteroatoms. The van der Waals surface area contributed by atoms with Gasteiger partial charge in [0.25, 0.3) is 0 Å². The van der Waals surface area contributed by atoms with E-state index in [0.717, 1.165) is 26.2 Å². The maximum Gasteiger partial charge on any atom is 0.0509 e. The first-order valence-corrected chi connectivity index (χ1v) is 6.16. The van der Waals surface area contributed by atoms with Gasteiger partial charge in [-0.2, -0.15) is 0 Å². The Kier molecular flexibility index (Phi) is 5.58. The third-order valence-corrected chi connectivity index (χ3v) is 3.15. The van der Waals surface area contributed by atoms with Gasteiger partial charge in [-0.05, 0) is 31.6 Å². The Bertz CT molecular complexity index is 167. The Morgan fingerprint density at radius 2 is 2.13 bits per heavy atom.